The van der Waals surface area contributed by atoms with E-state index < -0.39 is 0 Å². The minimum atomic E-state index is -0.264. The Bertz CT molecular complexity index is 1130. The van der Waals surface area contributed by atoms with E-state index in [9.17, 15) is 9.59 Å². The Hall–Kier alpha value is -2.78. The van der Waals surface area contributed by atoms with Gasteiger partial charge in [-0.25, -0.2) is 15.0 Å². The smallest absolute Gasteiger partial charge is 0.282 e. The lowest BCUT2D eigenvalue weighted by atomic mass is 10.1. The molecule has 0 unspecified atom stereocenters. The zero-order chi connectivity index (χ0) is 22.4. The van der Waals surface area contributed by atoms with Crippen LogP contribution < -0.4 is 10.9 Å². The van der Waals surface area contributed by atoms with E-state index in [1.165, 1.54) is 29.7 Å². The molecule has 0 aliphatic heterocycles. The fourth-order valence-corrected chi connectivity index (χ4v) is 3.74. The van der Waals surface area contributed by atoms with Crippen molar-refractivity contribution < 1.29 is 9.53 Å². The van der Waals surface area contributed by atoms with Crippen molar-refractivity contribution in [2.45, 2.75) is 51.9 Å². The van der Waals surface area contributed by atoms with Gasteiger partial charge in [0.2, 0.25) is 5.91 Å². The third kappa shape index (κ3) is 6.11. The van der Waals surface area contributed by atoms with Crippen molar-refractivity contribution >= 4 is 34.5 Å². The minimum Gasteiger partial charge on any atom is -0.379 e. The third-order valence-electron chi connectivity index (χ3n) is 4.66. The maximum atomic E-state index is 12.9. The number of anilines is 1. The Morgan fingerprint density at radius 1 is 1.19 bits per heavy atom. The molecule has 0 spiro atoms. The Balaban J connectivity index is 1.75. The van der Waals surface area contributed by atoms with Crippen molar-refractivity contribution in [3.8, 4) is 0 Å². The van der Waals surface area contributed by atoms with Crippen LogP contribution in [0.15, 0.2) is 40.5 Å². The van der Waals surface area contributed by atoms with Gasteiger partial charge < -0.3 is 10.1 Å². The zero-order valence-corrected chi connectivity index (χ0v) is 19.0. The molecule has 3 aromatic rings. The van der Waals surface area contributed by atoms with Crippen LogP contribution in [0.2, 0.25) is 0 Å². The highest BCUT2D eigenvalue weighted by Crippen LogP contribution is 2.18. The number of nitrogens with zero attached hydrogens (tertiary/aromatic N) is 4. The van der Waals surface area contributed by atoms with Crippen LogP contribution in [0.4, 0.5) is 5.69 Å². The van der Waals surface area contributed by atoms with E-state index in [0.717, 1.165) is 11.3 Å². The fourth-order valence-electron chi connectivity index (χ4n) is 2.92. The molecule has 3 rings (SSSR count). The van der Waals surface area contributed by atoms with Crippen LogP contribution in [0.5, 0.6) is 0 Å². The highest BCUT2D eigenvalue weighted by molar-refractivity contribution is 7.99. The number of hydrogen-bond donors (Lipinski definition) is 1. The van der Waals surface area contributed by atoms with Gasteiger partial charge in [0, 0.05) is 31.2 Å². The van der Waals surface area contributed by atoms with E-state index in [-0.39, 0.29) is 34.5 Å². The van der Waals surface area contributed by atoms with Gasteiger partial charge in [-0.15, -0.1) is 0 Å². The molecular weight excluding hydrogens is 414 g/mol. The first kappa shape index (κ1) is 22.9. The summed E-state index contributed by atoms with van der Waals surface area (Å²) in [6.07, 6.45) is 3.74. The van der Waals surface area contributed by atoms with Gasteiger partial charge in [-0.2, -0.15) is 0 Å². The fraction of sp³-hybridized carbons (Fsp3) is 0.409. The summed E-state index contributed by atoms with van der Waals surface area (Å²) in [6, 6.07) is 5.78. The lowest BCUT2D eigenvalue weighted by Gasteiger charge is -2.13. The number of aromatic nitrogens is 4. The summed E-state index contributed by atoms with van der Waals surface area (Å²) in [4.78, 5) is 38.2. The van der Waals surface area contributed by atoms with Gasteiger partial charge in [0.05, 0.1) is 11.9 Å². The van der Waals surface area contributed by atoms with Crippen molar-refractivity contribution in [2.75, 3.05) is 17.7 Å². The van der Waals surface area contributed by atoms with Gasteiger partial charge in [0.1, 0.15) is 0 Å². The summed E-state index contributed by atoms with van der Waals surface area (Å²) in [5, 5.41) is 3.34. The minimum absolute atomic E-state index is 0.119. The van der Waals surface area contributed by atoms with Crippen molar-refractivity contribution in [1.29, 1.82) is 0 Å². The number of amides is 1. The van der Waals surface area contributed by atoms with Crippen LogP contribution >= 0.6 is 11.8 Å². The van der Waals surface area contributed by atoms with Crippen LogP contribution in [0, 0.1) is 13.8 Å². The number of carbonyl (C=O) groups excluding carboxylic acids is 1. The summed E-state index contributed by atoms with van der Waals surface area (Å²) in [5.41, 5.74) is 3.25. The van der Waals surface area contributed by atoms with E-state index in [1.54, 1.807) is 4.57 Å². The zero-order valence-electron chi connectivity index (χ0n) is 18.2. The largest absolute Gasteiger partial charge is 0.379 e. The Morgan fingerprint density at radius 3 is 2.71 bits per heavy atom. The van der Waals surface area contributed by atoms with Crippen LogP contribution in [0.25, 0.3) is 11.2 Å². The van der Waals surface area contributed by atoms with E-state index in [1.807, 2.05) is 45.9 Å². The molecule has 0 radical (unpaired) electrons. The second-order valence-electron chi connectivity index (χ2n) is 7.49. The highest BCUT2D eigenvalue weighted by Gasteiger charge is 2.15. The summed E-state index contributed by atoms with van der Waals surface area (Å²) >= 11 is 1.21. The summed E-state index contributed by atoms with van der Waals surface area (Å²) in [5.74, 6) is -0.0513. The molecule has 1 aromatic carbocycles. The summed E-state index contributed by atoms with van der Waals surface area (Å²) in [6.45, 7) is 8.91. The molecule has 0 atom stereocenters. The normalized spacial score (nSPS) is 11.3. The van der Waals surface area contributed by atoms with Crippen molar-refractivity contribution in [3.63, 3.8) is 0 Å². The number of aryl methyl sites for hydroxylation is 2. The maximum Gasteiger partial charge on any atom is 0.282 e. The van der Waals surface area contributed by atoms with Crippen LogP contribution in [-0.4, -0.2) is 43.9 Å². The lowest BCUT2D eigenvalue weighted by molar-refractivity contribution is -0.113. The molecule has 2 aromatic heterocycles. The lowest BCUT2D eigenvalue weighted by Crippen LogP contribution is -2.26. The molecule has 1 N–H and O–H groups in total. The molecule has 0 fully saturated rings. The number of rotatable bonds is 9. The Labute approximate surface area is 185 Å². The topological polar surface area (TPSA) is 99.0 Å². The van der Waals surface area contributed by atoms with Crippen molar-refractivity contribution in [3.05, 3.63) is 52.1 Å². The molecule has 9 heteroatoms. The number of thioether (sulfide) groups is 1. The first-order chi connectivity index (χ1) is 14.8. The van der Waals surface area contributed by atoms with E-state index in [2.05, 4.69) is 20.3 Å². The van der Waals surface area contributed by atoms with E-state index in [0.29, 0.717) is 24.7 Å². The molecule has 0 saturated carbocycles. The monoisotopic (exact) mass is 441 g/mol. The summed E-state index contributed by atoms with van der Waals surface area (Å²) < 4.78 is 7.13. The Kier molecular flexibility index (Phi) is 7.75. The van der Waals surface area contributed by atoms with Crippen LogP contribution in [-0.2, 0) is 16.1 Å². The quantitative estimate of drug-likeness (QED) is 0.309. The average Bonchev–Trinajstić information content (AvgIpc) is 2.73. The highest BCUT2D eigenvalue weighted by atomic mass is 32.2. The average molecular weight is 442 g/mol. The second kappa shape index (κ2) is 10.5. The van der Waals surface area contributed by atoms with Gasteiger partial charge in [-0.05, 0) is 57.4 Å². The standard InChI is InChI=1S/C22H27N5O3S/c1-14(2)30-11-5-10-27-21(29)19-20(24-9-8-23-19)26-22(27)31-13-18(28)25-17-7-6-15(3)16(4)12-17/h6-9,12,14H,5,10-11,13H2,1-4H3,(H,25,28). The van der Waals surface area contributed by atoms with Crippen molar-refractivity contribution in [2.24, 2.45) is 0 Å². The first-order valence-corrected chi connectivity index (χ1v) is 11.2. The molecular formula is C22H27N5O3S. The number of benzene rings is 1. The molecule has 0 aliphatic rings. The van der Waals surface area contributed by atoms with Gasteiger partial charge in [0.25, 0.3) is 5.56 Å². The molecule has 0 bridgehead atoms. The number of hydrogen-bond acceptors (Lipinski definition) is 7. The summed E-state index contributed by atoms with van der Waals surface area (Å²) in [7, 11) is 0. The molecule has 164 valence electrons. The number of nitrogens with one attached hydrogen (secondary N) is 1. The first-order valence-electron chi connectivity index (χ1n) is 10.2. The van der Waals surface area contributed by atoms with Crippen molar-refractivity contribution in [1.82, 2.24) is 19.5 Å². The van der Waals surface area contributed by atoms with Gasteiger partial charge >= 0.3 is 0 Å². The number of carbonyl (C=O) groups is 1. The van der Waals surface area contributed by atoms with Gasteiger partial charge in [-0.1, -0.05) is 17.8 Å². The molecule has 31 heavy (non-hydrogen) atoms. The molecule has 8 nitrogen and oxygen atoms in total. The predicted octanol–water partition coefficient (Wildman–Crippen LogP) is 3.35. The maximum absolute atomic E-state index is 12.9. The Morgan fingerprint density at radius 2 is 1.97 bits per heavy atom. The van der Waals surface area contributed by atoms with E-state index >= 15 is 0 Å². The number of ether oxygens (including phenoxy) is 1. The molecule has 0 aliphatic carbocycles. The van der Waals surface area contributed by atoms with Gasteiger partial charge in [0.15, 0.2) is 16.3 Å². The SMILES string of the molecule is Cc1ccc(NC(=O)CSc2nc3nccnc3c(=O)n2CCCOC(C)C)cc1C. The van der Waals surface area contributed by atoms with E-state index in [4.69, 9.17) is 4.74 Å². The molecule has 0 saturated heterocycles. The molecule has 1 amide bonds. The second-order valence-corrected chi connectivity index (χ2v) is 8.43. The molecule has 2 heterocycles. The third-order valence-corrected chi connectivity index (χ3v) is 5.64. The van der Waals surface area contributed by atoms with Crippen LogP contribution in [0.1, 0.15) is 31.4 Å². The van der Waals surface area contributed by atoms with Gasteiger partial charge in [-0.3, -0.25) is 14.2 Å². The predicted molar refractivity (Wildman–Crippen MR) is 123 cm³/mol. The van der Waals surface area contributed by atoms with Crippen LogP contribution in [0.3, 0.4) is 0 Å². The number of fused-ring (bicyclic) bond motifs is 1.